The highest BCUT2D eigenvalue weighted by atomic mass is 16.4. The molecular formula is C15H24N6O9. The van der Waals surface area contributed by atoms with Crippen molar-refractivity contribution < 1.29 is 43.8 Å². The Morgan fingerprint density at radius 3 is 1.73 bits per heavy atom. The Hall–Kier alpha value is -3.75. The number of nitrogens with two attached hydrogens (primary N) is 3. The largest absolute Gasteiger partial charge is 0.481 e. The smallest absolute Gasteiger partial charge is 0.322 e. The monoisotopic (exact) mass is 432 g/mol. The van der Waals surface area contributed by atoms with Crippen LogP contribution in [0.4, 0.5) is 0 Å². The minimum absolute atomic E-state index is 0.148. The molecule has 0 saturated heterocycles. The Morgan fingerprint density at radius 1 is 0.733 bits per heavy atom. The highest BCUT2D eigenvalue weighted by Gasteiger charge is 2.30. The molecule has 0 heterocycles. The summed E-state index contributed by atoms with van der Waals surface area (Å²) in [6.45, 7) is -0.832. The minimum atomic E-state index is -1.70. The zero-order valence-electron chi connectivity index (χ0n) is 15.8. The van der Waals surface area contributed by atoms with Gasteiger partial charge in [0.25, 0.3) is 0 Å². The number of carbonyl (C=O) groups is 7. The van der Waals surface area contributed by atoms with Crippen LogP contribution in [-0.4, -0.2) is 76.4 Å². The molecule has 168 valence electrons. The van der Waals surface area contributed by atoms with Gasteiger partial charge in [-0.1, -0.05) is 0 Å². The number of carbonyl (C=O) groups excluding carboxylic acids is 5. The van der Waals surface area contributed by atoms with Gasteiger partial charge in [0.2, 0.25) is 29.5 Å². The molecule has 0 radical (unpaired) electrons. The fraction of sp³-hybridized carbons (Fsp3) is 0.533. The molecule has 0 aliphatic rings. The van der Waals surface area contributed by atoms with E-state index in [0.717, 1.165) is 0 Å². The number of hydrogen-bond acceptors (Lipinski definition) is 8. The molecule has 15 nitrogen and oxygen atoms in total. The van der Waals surface area contributed by atoms with Crippen molar-refractivity contribution in [2.75, 3.05) is 6.54 Å². The van der Waals surface area contributed by atoms with Crippen molar-refractivity contribution in [2.45, 2.75) is 43.8 Å². The number of carboxylic acids is 2. The van der Waals surface area contributed by atoms with Crippen molar-refractivity contribution >= 4 is 41.5 Å². The number of primary amides is 2. The number of rotatable bonds is 14. The first kappa shape index (κ1) is 26.2. The van der Waals surface area contributed by atoms with Crippen molar-refractivity contribution in [2.24, 2.45) is 17.2 Å². The van der Waals surface area contributed by atoms with Crippen LogP contribution in [0.2, 0.25) is 0 Å². The lowest BCUT2D eigenvalue weighted by molar-refractivity contribution is -0.142. The van der Waals surface area contributed by atoms with Crippen LogP contribution >= 0.6 is 0 Å². The Balaban J connectivity index is 5.26. The third kappa shape index (κ3) is 11.2. The van der Waals surface area contributed by atoms with E-state index in [-0.39, 0.29) is 12.8 Å². The van der Waals surface area contributed by atoms with E-state index in [1.165, 1.54) is 0 Å². The average molecular weight is 432 g/mol. The van der Waals surface area contributed by atoms with Crippen LogP contribution in [0.1, 0.15) is 25.7 Å². The summed E-state index contributed by atoms with van der Waals surface area (Å²) in [5.74, 6) is -7.80. The summed E-state index contributed by atoms with van der Waals surface area (Å²) in [7, 11) is 0. The maximum absolute atomic E-state index is 12.4. The first-order chi connectivity index (χ1) is 13.8. The predicted molar refractivity (Wildman–Crippen MR) is 97.0 cm³/mol. The molecule has 0 aliphatic heterocycles. The van der Waals surface area contributed by atoms with Gasteiger partial charge in [-0.2, -0.15) is 0 Å². The molecule has 15 heteroatoms. The summed E-state index contributed by atoms with van der Waals surface area (Å²) in [6.07, 6.45) is -1.99. The van der Waals surface area contributed by atoms with Crippen LogP contribution in [0.15, 0.2) is 0 Å². The molecule has 0 aliphatic carbocycles. The van der Waals surface area contributed by atoms with Crippen LogP contribution in [0, 0.1) is 0 Å². The summed E-state index contributed by atoms with van der Waals surface area (Å²) in [6, 6.07) is -4.57. The molecule has 3 atom stereocenters. The maximum atomic E-state index is 12.4. The van der Waals surface area contributed by atoms with Crippen LogP contribution in [0.5, 0.6) is 0 Å². The lowest BCUT2D eigenvalue weighted by Crippen LogP contribution is -2.57. The predicted octanol–water partition coefficient (Wildman–Crippen LogP) is -4.90. The Kier molecular flexibility index (Phi) is 11.1. The van der Waals surface area contributed by atoms with Gasteiger partial charge in [-0.25, -0.2) is 0 Å². The number of aliphatic carboxylic acids is 2. The summed E-state index contributed by atoms with van der Waals surface area (Å²) >= 11 is 0. The van der Waals surface area contributed by atoms with Crippen molar-refractivity contribution in [3.8, 4) is 0 Å². The highest BCUT2D eigenvalue weighted by Crippen LogP contribution is 2.01. The first-order valence-electron chi connectivity index (χ1n) is 8.47. The van der Waals surface area contributed by atoms with E-state index in [4.69, 9.17) is 27.4 Å². The average Bonchev–Trinajstić information content (AvgIpc) is 2.61. The second kappa shape index (κ2) is 12.7. The summed E-state index contributed by atoms with van der Waals surface area (Å²) < 4.78 is 0. The van der Waals surface area contributed by atoms with E-state index in [0.29, 0.717) is 0 Å². The fourth-order valence-corrected chi connectivity index (χ4v) is 2.06. The molecule has 5 amide bonds. The second-order valence-electron chi connectivity index (χ2n) is 6.11. The molecule has 0 fully saturated rings. The van der Waals surface area contributed by atoms with Gasteiger partial charge in [-0.3, -0.25) is 33.6 Å². The minimum Gasteiger partial charge on any atom is -0.481 e. The van der Waals surface area contributed by atoms with E-state index >= 15 is 0 Å². The number of carboxylic acid groups (broad SMARTS) is 2. The third-order valence-electron chi connectivity index (χ3n) is 3.50. The van der Waals surface area contributed by atoms with Gasteiger partial charge < -0.3 is 43.4 Å². The Labute approximate surface area is 169 Å². The zero-order chi connectivity index (χ0) is 23.4. The van der Waals surface area contributed by atoms with Gasteiger partial charge in [0.05, 0.1) is 18.9 Å². The van der Waals surface area contributed by atoms with Gasteiger partial charge in [0, 0.05) is 6.42 Å². The quantitative estimate of drug-likeness (QED) is 0.129. The van der Waals surface area contributed by atoms with Gasteiger partial charge >= 0.3 is 11.9 Å². The Bertz CT molecular complexity index is 711. The Morgan fingerprint density at radius 2 is 1.27 bits per heavy atom. The van der Waals surface area contributed by atoms with Crippen LogP contribution < -0.4 is 33.2 Å². The zero-order valence-corrected chi connectivity index (χ0v) is 15.8. The van der Waals surface area contributed by atoms with Crippen LogP contribution in [-0.2, 0) is 33.6 Å². The molecule has 30 heavy (non-hydrogen) atoms. The second-order valence-corrected chi connectivity index (χ2v) is 6.11. The van der Waals surface area contributed by atoms with Gasteiger partial charge in [0.15, 0.2) is 0 Å². The van der Waals surface area contributed by atoms with Crippen LogP contribution in [0.25, 0.3) is 0 Å². The topological polar surface area (TPSA) is 274 Å². The molecule has 0 spiro atoms. The van der Waals surface area contributed by atoms with E-state index in [9.17, 15) is 33.6 Å². The lowest BCUT2D eigenvalue weighted by atomic mass is 10.1. The molecule has 0 rings (SSSR count). The van der Waals surface area contributed by atoms with E-state index in [2.05, 4.69) is 5.32 Å². The molecule has 0 aromatic heterocycles. The number of nitrogens with one attached hydrogen (secondary N) is 3. The SMILES string of the molecule is NC(=O)CCC(N)C(=O)NC(CC(N)=O)C(=O)NC(CC(=O)O)C(=O)NCC(=O)O. The normalized spacial score (nSPS) is 13.2. The highest BCUT2D eigenvalue weighted by molar-refractivity contribution is 5.97. The molecule has 0 saturated carbocycles. The van der Waals surface area contributed by atoms with Gasteiger partial charge in [-0.05, 0) is 6.42 Å². The van der Waals surface area contributed by atoms with Gasteiger partial charge in [0.1, 0.15) is 18.6 Å². The summed E-state index contributed by atoms with van der Waals surface area (Å²) in [4.78, 5) is 79.8. The van der Waals surface area contributed by atoms with Crippen molar-refractivity contribution in [1.82, 2.24) is 16.0 Å². The third-order valence-corrected chi connectivity index (χ3v) is 3.50. The summed E-state index contributed by atoms with van der Waals surface area (Å²) in [5.41, 5.74) is 15.5. The standard InChI is InChI=1S/C15H24N6O9/c16-6(1-2-9(17)22)13(28)20-7(3-10(18)23)15(30)21-8(4-11(24)25)14(29)19-5-12(26)27/h6-8H,1-5,16H2,(H2,17,22)(H2,18,23)(H,19,29)(H,20,28)(H,21,30)(H,24,25)(H,26,27). The van der Waals surface area contributed by atoms with Crippen molar-refractivity contribution in [1.29, 1.82) is 0 Å². The summed E-state index contributed by atoms with van der Waals surface area (Å²) in [5, 5.41) is 23.5. The van der Waals surface area contributed by atoms with Gasteiger partial charge in [-0.15, -0.1) is 0 Å². The molecule has 0 aromatic rings. The van der Waals surface area contributed by atoms with Crippen LogP contribution in [0.3, 0.4) is 0 Å². The molecule has 3 unspecified atom stereocenters. The molecule has 0 aromatic carbocycles. The van der Waals surface area contributed by atoms with E-state index in [1.54, 1.807) is 0 Å². The molecule has 11 N–H and O–H groups in total. The fourth-order valence-electron chi connectivity index (χ4n) is 2.06. The van der Waals surface area contributed by atoms with Crippen molar-refractivity contribution in [3.05, 3.63) is 0 Å². The molecular weight excluding hydrogens is 408 g/mol. The lowest BCUT2D eigenvalue weighted by Gasteiger charge is -2.22. The van der Waals surface area contributed by atoms with Crippen molar-refractivity contribution in [3.63, 3.8) is 0 Å². The van der Waals surface area contributed by atoms with E-state index < -0.39 is 79.0 Å². The van der Waals surface area contributed by atoms with E-state index in [1.807, 2.05) is 10.6 Å². The first-order valence-corrected chi connectivity index (χ1v) is 8.47. The number of amides is 5. The number of hydrogen-bond donors (Lipinski definition) is 8. The maximum Gasteiger partial charge on any atom is 0.322 e. The molecule has 0 bridgehead atoms.